The minimum atomic E-state index is -1.21. The van der Waals surface area contributed by atoms with Crippen molar-refractivity contribution < 1.29 is 29.4 Å². The van der Waals surface area contributed by atoms with E-state index in [4.69, 9.17) is 0 Å². The second-order valence-corrected chi connectivity index (χ2v) is 11.9. The largest absolute Gasteiger partial charge is 0.507 e. The fraction of sp³-hybridized carbons (Fsp3) is 0.556. The van der Waals surface area contributed by atoms with Crippen molar-refractivity contribution in [3.8, 4) is 11.5 Å². The van der Waals surface area contributed by atoms with Gasteiger partial charge in [-0.1, -0.05) is 116 Å². The van der Waals surface area contributed by atoms with Crippen LogP contribution in [0.15, 0.2) is 36.4 Å². The Balaban J connectivity index is 2.06. The Morgan fingerprint density at radius 1 is 0.543 bits per heavy atom. The third kappa shape index (κ3) is 12.7. The first kappa shape index (κ1) is 38.1. The number of rotatable bonds is 20. The zero-order valence-electron chi connectivity index (χ0n) is 27.9. The number of carbonyl (C=O) groups is 4. The van der Waals surface area contributed by atoms with E-state index in [2.05, 4.69) is 42.5 Å². The molecule has 10 nitrogen and oxygen atoms in total. The number of para-hydroxylation sites is 2. The van der Waals surface area contributed by atoms with Gasteiger partial charge >= 0.3 is 0 Å². The molecule has 4 amide bonds. The van der Waals surface area contributed by atoms with Gasteiger partial charge in [-0.05, 0) is 55.4 Å². The lowest BCUT2D eigenvalue weighted by molar-refractivity contribution is -0.136. The first-order chi connectivity index (χ1) is 22.2. The van der Waals surface area contributed by atoms with Gasteiger partial charge in [-0.2, -0.15) is 0 Å². The summed E-state index contributed by atoms with van der Waals surface area (Å²) in [6.45, 7) is 6.32. The molecule has 254 valence electrons. The fourth-order valence-electron chi connectivity index (χ4n) is 5.32. The van der Waals surface area contributed by atoms with Gasteiger partial charge in [0.2, 0.25) is 0 Å². The number of carbonyl (C=O) groups excluding carboxylic acids is 4. The zero-order chi connectivity index (χ0) is 33.7. The van der Waals surface area contributed by atoms with Crippen LogP contribution in [0, 0.1) is 5.92 Å². The van der Waals surface area contributed by atoms with Gasteiger partial charge in [0.15, 0.2) is 0 Å². The van der Waals surface area contributed by atoms with Gasteiger partial charge in [0.25, 0.3) is 23.6 Å². The highest BCUT2D eigenvalue weighted by Crippen LogP contribution is 2.25. The number of aryl methyl sites for hydroxylation is 2. The molecule has 2 rings (SSSR count). The molecule has 0 spiro atoms. The van der Waals surface area contributed by atoms with Crippen molar-refractivity contribution in [2.24, 2.45) is 5.92 Å². The number of amides is 4. The molecular weight excluding hydrogens is 584 g/mol. The second-order valence-electron chi connectivity index (χ2n) is 11.9. The van der Waals surface area contributed by atoms with E-state index in [1.54, 1.807) is 24.3 Å². The lowest BCUT2D eigenvalue weighted by Gasteiger charge is -2.18. The van der Waals surface area contributed by atoms with E-state index >= 15 is 0 Å². The molecule has 2 aromatic rings. The Labute approximate surface area is 274 Å². The van der Waals surface area contributed by atoms with Gasteiger partial charge in [-0.25, -0.2) is 0 Å². The van der Waals surface area contributed by atoms with Crippen molar-refractivity contribution in [2.45, 2.75) is 124 Å². The van der Waals surface area contributed by atoms with Crippen molar-refractivity contribution in [1.29, 1.82) is 0 Å². The summed E-state index contributed by atoms with van der Waals surface area (Å²) in [6.07, 6.45) is 14.2. The number of unbranched alkanes of at least 4 members (excludes halogenated alkanes) is 10. The van der Waals surface area contributed by atoms with E-state index < -0.39 is 29.5 Å². The molecule has 0 radical (unpaired) electrons. The molecule has 0 fully saturated rings. The number of phenols is 2. The van der Waals surface area contributed by atoms with E-state index in [-0.39, 0.29) is 29.0 Å². The van der Waals surface area contributed by atoms with E-state index in [9.17, 15) is 29.4 Å². The minimum absolute atomic E-state index is 0.0198. The summed E-state index contributed by atoms with van der Waals surface area (Å²) in [4.78, 5) is 52.1. The number of aromatic hydroxyl groups is 2. The van der Waals surface area contributed by atoms with E-state index in [0.717, 1.165) is 70.6 Å². The predicted molar refractivity (Wildman–Crippen MR) is 180 cm³/mol. The average molecular weight is 639 g/mol. The third-order valence-electron chi connectivity index (χ3n) is 8.16. The molecule has 0 heterocycles. The lowest BCUT2D eigenvalue weighted by Crippen LogP contribution is -2.51. The number of hydrogen-bond acceptors (Lipinski definition) is 6. The maximum Gasteiger partial charge on any atom is 0.273 e. The van der Waals surface area contributed by atoms with Crippen molar-refractivity contribution in [3.63, 3.8) is 0 Å². The summed E-state index contributed by atoms with van der Waals surface area (Å²) >= 11 is 0. The summed E-state index contributed by atoms with van der Waals surface area (Å²) in [5.41, 5.74) is 10.6. The van der Waals surface area contributed by atoms with Gasteiger partial charge in [0.05, 0.1) is 11.1 Å². The summed E-state index contributed by atoms with van der Waals surface area (Å²) in [7, 11) is 0. The summed E-state index contributed by atoms with van der Waals surface area (Å²) < 4.78 is 0. The van der Waals surface area contributed by atoms with Crippen LogP contribution in [0.1, 0.15) is 143 Å². The van der Waals surface area contributed by atoms with Crippen LogP contribution in [0.25, 0.3) is 0 Å². The van der Waals surface area contributed by atoms with Crippen molar-refractivity contribution in [3.05, 3.63) is 58.7 Å². The molecule has 0 aliphatic carbocycles. The normalized spacial score (nSPS) is 10.9. The highest BCUT2D eigenvalue weighted by molar-refractivity contribution is 6.04. The first-order valence-electron chi connectivity index (χ1n) is 17.1. The number of nitrogens with one attached hydrogen (secondary N) is 4. The zero-order valence-corrected chi connectivity index (χ0v) is 27.9. The average Bonchev–Trinajstić information content (AvgIpc) is 3.05. The molecule has 0 unspecified atom stereocenters. The summed E-state index contributed by atoms with van der Waals surface area (Å²) in [5, 5.41) is 21.3. The molecule has 0 saturated carbocycles. The molecular formula is C36H54N4O6. The number of hydrogen-bond donors (Lipinski definition) is 6. The number of phenolic OH excluding ortho intramolecular Hbond substituents is 2. The maximum absolute atomic E-state index is 13.2. The molecule has 10 heteroatoms. The highest BCUT2D eigenvalue weighted by atomic mass is 16.3. The molecule has 0 aliphatic heterocycles. The monoisotopic (exact) mass is 638 g/mol. The SMILES string of the molecule is CCCCCCCCCC(C(=O)NNC(=O)c1cccc(CCCCC)c1O)C(=O)NNC(=O)c1cccc(CCCCC)c1O. The number of benzene rings is 2. The van der Waals surface area contributed by atoms with Crippen molar-refractivity contribution in [1.82, 2.24) is 21.7 Å². The van der Waals surface area contributed by atoms with Crippen LogP contribution in [0.2, 0.25) is 0 Å². The van der Waals surface area contributed by atoms with Gasteiger partial charge in [-0.3, -0.25) is 40.9 Å². The fourth-order valence-corrected chi connectivity index (χ4v) is 5.32. The first-order valence-corrected chi connectivity index (χ1v) is 17.1. The Kier molecular flexibility index (Phi) is 17.9. The predicted octanol–water partition coefficient (Wildman–Crippen LogP) is 6.54. The minimum Gasteiger partial charge on any atom is -0.507 e. The van der Waals surface area contributed by atoms with E-state index in [1.165, 1.54) is 18.6 Å². The van der Waals surface area contributed by atoms with Crippen molar-refractivity contribution >= 4 is 23.6 Å². The Hall–Kier alpha value is -4.08. The summed E-state index contributed by atoms with van der Waals surface area (Å²) in [5.74, 6) is -4.39. The van der Waals surface area contributed by atoms with Gasteiger partial charge in [0, 0.05) is 0 Å². The Morgan fingerprint density at radius 3 is 1.37 bits per heavy atom. The van der Waals surface area contributed by atoms with Crippen LogP contribution in [0.4, 0.5) is 0 Å². The smallest absolute Gasteiger partial charge is 0.273 e. The van der Waals surface area contributed by atoms with Crippen LogP contribution >= 0.6 is 0 Å². The van der Waals surface area contributed by atoms with Gasteiger partial charge in [0.1, 0.15) is 17.4 Å². The molecule has 2 aromatic carbocycles. The highest BCUT2D eigenvalue weighted by Gasteiger charge is 2.28. The third-order valence-corrected chi connectivity index (χ3v) is 8.16. The molecule has 0 aliphatic rings. The van der Waals surface area contributed by atoms with Crippen LogP contribution < -0.4 is 21.7 Å². The topological polar surface area (TPSA) is 157 Å². The van der Waals surface area contributed by atoms with Crippen LogP contribution in [-0.4, -0.2) is 33.8 Å². The standard InChI is InChI=1S/C36H54N4O6/c1-4-7-10-11-12-13-16-23-30(35(45)39-37-33(43)28-24-17-21-26(31(28)41)19-14-8-5-2)36(46)40-38-34(44)29-25-18-22-27(32(29)42)20-15-9-6-3/h17-18,21-22,24-25,30,41-42H,4-16,19-20,23H2,1-3H3,(H,37,43)(H,38,44)(H,39,45)(H,40,46). The lowest BCUT2D eigenvalue weighted by atomic mass is 9.98. The second kappa shape index (κ2) is 21.6. The van der Waals surface area contributed by atoms with Gasteiger partial charge in [-0.15, -0.1) is 0 Å². The molecule has 0 saturated heterocycles. The van der Waals surface area contributed by atoms with E-state index in [0.29, 0.717) is 30.4 Å². The molecule has 0 atom stereocenters. The Bertz CT molecular complexity index is 1180. The van der Waals surface area contributed by atoms with Crippen LogP contribution in [-0.2, 0) is 22.4 Å². The number of hydrazine groups is 2. The molecule has 0 bridgehead atoms. The maximum atomic E-state index is 13.2. The quantitative estimate of drug-likeness (QED) is 0.0549. The van der Waals surface area contributed by atoms with Crippen LogP contribution in [0.3, 0.4) is 0 Å². The summed E-state index contributed by atoms with van der Waals surface area (Å²) in [6, 6.07) is 9.81. The molecule has 0 aromatic heterocycles. The van der Waals surface area contributed by atoms with Gasteiger partial charge < -0.3 is 10.2 Å². The molecule has 6 N–H and O–H groups in total. The Morgan fingerprint density at radius 2 is 0.935 bits per heavy atom. The molecule has 46 heavy (non-hydrogen) atoms. The van der Waals surface area contributed by atoms with Crippen LogP contribution in [0.5, 0.6) is 11.5 Å². The van der Waals surface area contributed by atoms with Crippen molar-refractivity contribution in [2.75, 3.05) is 0 Å². The van der Waals surface area contributed by atoms with E-state index in [1.807, 2.05) is 0 Å².